The van der Waals surface area contributed by atoms with E-state index in [-0.39, 0.29) is 0 Å². The fourth-order valence-electron chi connectivity index (χ4n) is 2.98. The molecule has 1 aliphatic heterocycles. The number of rotatable bonds is 6. The van der Waals surface area contributed by atoms with E-state index in [4.69, 9.17) is 14.6 Å². The summed E-state index contributed by atoms with van der Waals surface area (Å²) in [4.78, 5) is 5.62. The number of ether oxygens (including phenoxy) is 2. The molecule has 0 atom stereocenters. The Morgan fingerprint density at radius 1 is 1.22 bits per heavy atom. The number of fused-ring (bicyclic) bond motifs is 1. The van der Waals surface area contributed by atoms with Crippen LogP contribution in [-0.2, 0) is 0 Å². The number of hydrazone groups is 1. The van der Waals surface area contributed by atoms with Crippen molar-refractivity contribution in [1.82, 2.24) is 9.99 Å². The van der Waals surface area contributed by atoms with E-state index in [9.17, 15) is 0 Å². The van der Waals surface area contributed by atoms with Crippen LogP contribution >= 0.6 is 11.3 Å². The number of thiophene rings is 1. The molecule has 1 aliphatic rings. The molecular formula is C21H21N3O2S. The van der Waals surface area contributed by atoms with E-state index in [0.717, 1.165) is 34.5 Å². The Morgan fingerprint density at radius 3 is 2.96 bits per heavy atom. The number of allylic oxidation sites excluding steroid dienone is 1. The zero-order valence-electron chi connectivity index (χ0n) is 15.4. The van der Waals surface area contributed by atoms with Crippen molar-refractivity contribution in [2.45, 2.75) is 13.3 Å². The summed E-state index contributed by atoms with van der Waals surface area (Å²) in [6, 6.07) is 9.89. The summed E-state index contributed by atoms with van der Waals surface area (Å²) in [6.45, 7) is 3.33. The van der Waals surface area contributed by atoms with Gasteiger partial charge < -0.3 is 9.47 Å². The van der Waals surface area contributed by atoms with Crippen molar-refractivity contribution in [2.75, 3.05) is 20.3 Å². The summed E-state index contributed by atoms with van der Waals surface area (Å²) < 4.78 is 11.3. The highest BCUT2D eigenvalue weighted by Crippen LogP contribution is 2.27. The standard InChI is InChI=1S/C21H21N3O2S/c1-15-12-21(27-14-15)18-4-3-9-24(23-18)10-11-26-20-7-8-22-19-13-16(25-2)5-6-17(19)20/h3,5-9,12-14H,4,10-11H2,1-2H3. The van der Waals surface area contributed by atoms with Crippen LogP contribution in [0.2, 0.25) is 0 Å². The summed E-state index contributed by atoms with van der Waals surface area (Å²) in [6.07, 6.45) is 6.79. The van der Waals surface area contributed by atoms with Gasteiger partial charge >= 0.3 is 0 Å². The molecule has 3 aromatic rings. The molecule has 5 nitrogen and oxygen atoms in total. The van der Waals surface area contributed by atoms with Crippen LogP contribution in [0.25, 0.3) is 10.9 Å². The Labute approximate surface area is 162 Å². The lowest BCUT2D eigenvalue weighted by Gasteiger charge is -2.20. The highest BCUT2D eigenvalue weighted by Gasteiger charge is 2.11. The normalized spacial score (nSPS) is 13.7. The van der Waals surface area contributed by atoms with Crippen molar-refractivity contribution in [3.8, 4) is 11.5 Å². The SMILES string of the molecule is COc1ccc2c(OCCN3C=CCC(c4cc(C)cs4)=N3)ccnc2c1. The van der Waals surface area contributed by atoms with Crippen molar-refractivity contribution in [1.29, 1.82) is 0 Å². The highest BCUT2D eigenvalue weighted by atomic mass is 32.1. The zero-order valence-corrected chi connectivity index (χ0v) is 16.2. The number of benzene rings is 1. The lowest BCUT2D eigenvalue weighted by atomic mass is 10.2. The van der Waals surface area contributed by atoms with Gasteiger partial charge in [0.1, 0.15) is 18.1 Å². The van der Waals surface area contributed by atoms with Crippen LogP contribution in [-0.4, -0.2) is 36.0 Å². The molecule has 0 bridgehead atoms. The Morgan fingerprint density at radius 2 is 2.15 bits per heavy atom. The molecule has 27 heavy (non-hydrogen) atoms. The topological polar surface area (TPSA) is 47.0 Å². The number of aromatic nitrogens is 1. The first-order chi connectivity index (χ1) is 13.2. The Kier molecular flexibility index (Phi) is 5.07. The molecule has 0 saturated heterocycles. The van der Waals surface area contributed by atoms with Crippen molar-refractivity contribution < 1.29 is 9.47 Å². The molecule has 6 heteroatoms. The molecule has 138 valence electrons. The van der Waals surface area contributed by atoms with Gasteiger partial charge in [-0.05, 0) is 42.1 Å². The van der Waals surface area contributed by atoms with Crippen LogP contribution in [0.3, 0.4) is 0 Å². The van der Waals surface area contributed by atoms with Crippen LogP contribution in [0.1, 0.15) is 16.9 Å². The molecule has 0 radical (unpaired) electrons. The average molecular weight is 379 g/mol. The lowest BCUT2D eigenvalue weighted by molar-refractivity contribution is 0.260. The summed E-state index contributed by atoms with van der Waals surface area (Å²) in [5.41, 5.74) is 3.25. The number of hydrogen-bond donors (Lipinski definition) is 0. The summed E-state index contributed by atoms with van der Waals surface area (Å²) in [5, 5.41) is 9.83. The molecule has 4 rings (SSSR count). The molecule has 0 fully saturated rings. The second kappa shape index (κ2) is 7.80. The van der Waals surface area contributed by atoms with Gasteiger partial charge in [-0.3, -0.25) is 9.99 Å². The minimum atomic E-state index is 0.537. The van der Waals surface area contributed by atoms with E-state index < -0.39 is 0 Å². The van der Waals surface area contributed by atoms with E-state index in [1.165, 1.54) is 10.4 Å². The maximum absolute atomic E-state index is 6.02. The molecule has 0 unspecified atom stereocenters. The third kappa shape index (κ3) is 3.95. The van der Waals surface area contributed by atoms with E-state index in [1.807, 2.05) is 35.5 Å². The molecule has 3 heterocycles. The van der Waals surface area contributed by atoms with Gasteiger partial charge in [0.05, 0.1) is 29.8 Å². The average Bonchev–Trinajstić information content (AvgIpc) is 3.14. The monoisotopic (exact) mass is 379 g/mol. The Hall–Kier alpha value is -2.86. The third-order valence-corrected chi connectivity index (χ3v) is 5.44. The van der Waals surface area contributed by atoms with E-state index in [2.05, 4.69) is 29.4 Å². The largest absolute Gasteiger partial charge is 0.497 e. The second-order valence-electron chi connectivity index (χ2n) is 6.33. The lowest BCUT2D eigenvalue weighted by Crippen LogP contribution is -2.22. The maximum Gasteiger partial charge on any atom is 0.130 e. The van der Waals surface area contributed by atoms with Gasteiger partial charge in [-0.1, -0.05) is 6.08 Å². The van der Waals surface area contributed by atoms with Crippen molar-refractivity contribution in [3.05, 3.63) is 64.6 Å². The third-order valence-electron chi connectivity index (χ3n) is 4.34. The van der Waals surface area contributed by atoms with Gasteiger partial charge in [0.2, 0.25) is 0 Å². The molecular weight excluding hydrogens is 358 g/mol. The van der Waals surface area contributed by atoms with Gasteiger partial charge in [-0.15, -0.1) is 11.3 Å². The summed E-state index contributed by atoms with van der Waals surface area (Å²) in [5.74, 6) is 1.61. The van der Waals surface area contributed by atoms with Gasteiger partial charge in [0.15, 0.2) is 0 Å². The molecule has 2 aromatic heterocycles. The molecule has 0 spiro atoms. The highest BCUT2D eigenvalue weighted by molar-refractivity contribution is 7.12. The molecule has 1 aromatic carbocycles. The predicted molar refractivity (Wildman–Crippen MR) is 110 cm³/mol. The first kappa shape index (κ1) is 17.5. The maximum atomic E-state index is 6.02. The minimum Gasteiger partial charge on any atom is -0.497 e. The fourth-order valence-corrected chi connectivity index (χ4v) is 3.87. The molecule has 0 saturated carbocycles. The van der Waals surface area contributed by atoms with E-state index >= 15 is 0 Å². The molecule has 0 amide bonds. The van der Waals surface area contributed by atoms with Crippen LogP contribution in [0.5, 0.6) is 11.5 Å². The van der Waals surface area contributed by atoms with Crippen LogP contribution in [0, 0.1) is 6.92 Å². The van der Waals surface area contributed by atoms with Gasteiger partial charge in [0.25, 0.3) is 0 Å². The zero-order chi connectivity index (χ0) is 18.6. The van der Waals surface area contributed by atoms with Crippen LogP contribution in [0.15, 0.2) is 59.3 Å². The Balaban J connectivity index is 1.42. The molecule has 0 aliphatic carbocycles. The summed E-state index contributed by atoms with van der Waals surface area (Å²) in [7, 11) is 1.65. The van der Waals surface area contributed by atoms with Crippen molar-refractivity contribution in [2.24, 2.45) is 5.10 Å². The van der Waals surface area contributed by atoms with Crippen LogP contribution < -0.4 is 9.47 Å². The van der Waals surface area contributed by atoms with Crippen molar-refractivity contribution >= 4 is 28.0 Å². The number of nitrogens with zero attached hydrogens (tertiary/aromatic N) is 3. The second-order valence-corrected chi connectivity index (χ2v) is 7.24. The minimum absolute atomic E-state index is 0.537. The number of hydrogen-bond acceptors (Lipinski definition) is 6. The van der Waals surface area contributed by atoms with Gasteiger partial charge in [-0.2, -0.15) is 5.10 Å². The smallest absolute Gasteiger partial charge is 0.130 e. The Bertz CT molecular complexity index is 1010. The molecule has 0 N–H and O–H groups in total. The quantitative estimate of drug-likeness (QED) is 0.627. The first-order valence-corrected chi connectivity index (χ1v) is 9.73. The fraction of sp³-hybridized carbons (Fsp3) is 0.238. The number of aryl methyl sites for hydroxylation is 1. The number of methoxy groups -OCH3 is 1. The summed E-state index contributed by atoms with van der Waals surface area (Å²) >= 11 is 1.74. The van der Waals surface area contributed by atoms with Gasteiger partial charge in [0, 0.05) is 30.3 Å². The first-order valence-electron chi connectivity index (χ1n) is 8.85. The van der Waals surface area contributed by atoms with Crippen LogP contribution in [0.4, 0.5) is 0 Å². The number of pyridine rings is 1. The van der Waals surface area contributed by atoms with Gasteiger partial charge in [-0.25, -0.2) is 0 Å². The predicted octanol–water partition coefficient (Wildman–Crippen LogP) is 4.62. The van der Waals surface area contributed by atoms with E-state index in [1.54, 1.807) is 24.6 Å². The van der Waals surface area contributed by atoms with E-state index in [0.29, 0.717) is 13.2 Å². The van der Waals surface area contributed by atoms with Crippen molar-refractivity contribution in [3.63, 3.8) is 0 Å².